The molecular weight excluding hydrogens is 569 g/mol. The van der Waals surface area contributed by atoms with Gasteiger partial charge in [-0.15, -0.1) is 0 Å². The second-order valence-corrected chi connectivity index (χ2v) is 11.6. The number of benzene rings is 1. The van der Waals surface area contributed by atoms with Crippen molar-refractivity contribution >= 4 is 42.9 Å². The highest BCUT2D eigenvalue weighted by Crippen LogP contribution is 2.29. The largest absolute Gasteiger partial charge is 0.549 e. The topological polar surface area (TPSA) is 202 Å². The molecule has 1 aromatic rings. The molecule has 4 amide bonds. The van der Waals surface area contributed by atoms with Crippen LogP contribution >= 0.6 is 0 Å². The van der Waals surface area contributed by atoms with Crippen LogP contribution in [-0.4, -0.2) is 78.8 Å². The van der Waals surface area contributed by atoms with E-state index >= 15 is 0 Å². The van der Waals surface area contributed by atoms with Gasteiger partial charge in [-0.3, -0.25) is 19.2 Å². The van der Waals surface area contributed by atoms with E-state index in [1.54, 1.807) is 12.1 Å². The Morgan fingerprint density at radius 1 is 0.977 bits per heavy atom. The zero-order valence-electron chi connectivity index (χ0n) is 25.3. The Bertz CT molecular complexity index is 1170. The molecule has 0 bridgehead atoms. The van der Waals surface area contributed by atoms with Crippen molar-refractivity contribution in [3.05, 3.63) is 35.9 Å². The third-order valence-corrected chi connectivity index (χ3v) is 7.51. The van der Waals surface area contributed by atoms with Gasteiger partial charge < -0.3 is 36.2 Å². The minimum atomic E-state index is -1.45. The SMILES string of the molecule is CC(C)C[C@H](NC(=O)[C@H](CO)NC(=O)[C@H](CCC(N)=O)NC(=O)[C@@H](N=C1[B]O1)C1CCCCC1)C(=O)OCc1ccccc1. The molecule has 2 fully saturated rings. The first-order valence-electron chi connectivity index (χ1n) is 15.2. The Morgan fingerprint density at radius 3 is 2.18 bits per heavy atom. The van der Waals surface area contributed by atoms with Gasteiger partial charge in [0, 0.05) is 6.42 Å². The molecule has 14 heteroatoms. The summed E-state index contributed by atoms with van der Waals surface area (Å²) in [7, 11) is 1.43. The number of carbonyl (C=O) groups is 5. The number of nitrogens with one attached hydrogen (secondary N) is 3. The van der Waals surface area contributed by atoms with E-state index in [1.807, 2.05) is 32.0 Å². The summed E-state index contributed by atoms with van der Waals surface area (Å²) in [6.45, 7) is 2.98. The first kappa shape index (κ1) is 34.6. The molecule has 1 aliphatic carbocycles. The Hall–Kier alpha value is -3.94. The first-order valence-corrected chi connectivity index (χ1v) is 15.2. The van der Waals surface area contributed by atoms with Gasteiger partial charge in [0.1, 0.15) is 30.8 Å². The van der Waals surface area contributed by atoms with Gasteiger partial charge in [0.2, 0.25) is 23.6 Å². The molecule has 0 aromatic heterocycles. The van der Waals surface area contributed by atoms with E-state index < -0.39 is 60.4 Å². The van der Waals surface area contributed by atoms with Crippen LogP contribution in [0.4, 0.5) is 0 Å². The molecule has 44 heavy (non-hydrogen) atoms. The number of esters is 1. The van der Waals surface area contributed by atoms with Gasteiger partial charge in [0.05, 0.1) is 6.61 Å². The van der Waals surface area contributed by atoms with Crippen LogP contribution in [0.25, 0.3) is 0 Å². The highest BCUT2D eigenvalue weighted by molar-refractivity contribution is 6.83. The fraction of sp³-hybridized carbons (Fsp3) is 0.600. The lowest BCUT2D eigenvalue weighted by molar-refractivity contribution is -0.150. The van der Waals surface area contributed by atoms with Gasteiger partial charge in [0.15, 0.2) is 5.80 Å². The van der Waals surface area contributed by atoms with Crippen molar-refractivity contribution in [3.63, 3.8) is 0 Å². The van der Waals surface area contributed by atoms with Crippen molar-refractivity contribution in [1.29, 1.82) is 0 Å². The predicted molar refractivity (Wildman–Crippen MR) is 162 cm³/mol. The lowest BCUT2D eigenvalue weighted by Crippen LogP contribution is -2.58. The smallest absolute Gasteiger partial charge is 0.474 e. The van der Waals surface area contributed by atoms with Crippen molar-refractivity contribution in [2.75, 3.05) is 6.61 Å². The van der Waals surface area contributed by atoms with Crippen LogP contribution in [0, 0.1) is 11.8 Å². The van der Waals surface area contributed by atoms with E-state index in [0.717, 1.165) is 37.7 Å². The van der Waals surface area contributed by atoms with Crippen LogP contribution in [0.1, 0.15) is 70.8 Å². The summed E-state index contributed by atoms with van der Waals surface area (Å²) in [5.41, 5.74) is 6.09. The molecule has 1 heterocycles. The van der Waals surface area contributed by atoms with Crippen molar-refractivity contribution in [3.8, 4) is 0 Å². The molecule has 1 aromatic carbocycles. The van der Waals surface area contributed by atoms with E-state index in [-0.39, 0.29) is 37.7 Å². The van der Waals surface area contributed by atoms with Crippen molar-refractivity contribution in [2.24, 2.45) is 22.6 Å². The number of amides is 4. The normalized spacial score (nSPS) is 18.1. The first-order chi connectivity index (χ1) is 21.1. The summed E-state index contributed by atoms with van der Waals surface area (Å²) in [6, 6.07) is 4.56. The number of nitrogens with zero attached hydrogens (tertiary/aromatic N) is 1. The average molecular weight is 613 g/mol. The summed E-state index contributed by atoms with van der Waals surface area (Å²) in [4.78, 5) is 68.6. The number of hydrogen-bond acceptors (Lipinski definition) is 9. The molecule has 4 atom stereocenters. The van der Waals surface area contributed by atoms with Gasteiger partial charge in [-0.1, -0.05) is 63.4 Å². The van der Waals surface area contributed by atoms with Crippen LogP contribution in [0.5, 0.6) is 0 Å². The number of aliphatic hydroxyl groups excluding tert-OH is 1. The number of aliphatic imine (C=N–C) groups is 1. The Morgan fingerprint density at radius 2 is 1.59 bits per heavy atom. The lowest BCUT2D eigenvalue weighted by Gasteiger charge is -2.28. The fourth-order valence-electron chi connectivity index (χ4n) is 5.12. The number of primary amides is 1. The van der Waals surface area contributed by atoms with Gasteiger partial charge in [-0.25, -0.2) is 9.79 Å². The van der Waals surface area contributed by atoms with E-state index in [4.69, 9.17) is 15.1 Å². The van der Waals surface area contributed by atoms with Gasteiger partial charge >= 0.3 is 13.5 Å². The number of nitrogens with two attached hydrogens (primary N) is 1. The molecule has 13 nitrogen and oxygen atoms in total. The summed E-state index contributed by atoms with van der Waals surface area (Å²) < 4.78 is 10.4. The van der Waals surface area contributed by atoms with E-state index in [1.165, 1.54) is 7.48 Å². The van der Waals surface area contributed by atoms with Crippen molar-refractivity contribution in [2.45, 2.75) is 96.0 Å². The Balaban J connectivity index is 1.67. The molecule has 239 valence electrons. The van der Waals surface area contributed by atoms with Crippen LogP contribution in [0.15, 0.2) is 35.3 Å². The van der Waals surface area contributed by atoms with Crippen LogP contribution in [-0.2, 0) is 40.0 Å². The molecule has 1 saturated heterocycles. The Labute approximate surface area is 258 Å². The van der Waals surface area contributed by atoms with Gasteiger partial charge in [0.25, 0.3) is 0 Å². The lowest BCUT2D eigenvalue weighted by atomic mass is 9.83. The van der Waals surface area contributed by atoms with Crippen LogP contribution < -0.4 is 21.7 Å². The number of rotatable bonds is 17. The highest BCUT2D eigenvalue weighted by Gasteiger charge is 2.36. The summed E-state index contributed by atoms with van der Waals surface area (Å²) in [5.74, 6) is -3.13. The van der Waals surface area contributed by atoms with E-state index in [0.29, 0.717) is 5.80 Å². The summed E-state index contributed by atoms with van der Waals surface area (Å²) in [6.07, 6.45) is 4.50. The third kappa shape index (κ3) is 11.6. The number of ether oxygens (including phenoxy) is 1. The second kappa shape index (κ2) is 17.4. The standard InChI is InChI=1S/C30H43BN5O8/c1-18(2)15-22(29(42)43-17-19-9-5-3-6-10-19)34-27(40)23(16-37)35-26(39)21(13-14-24(32)38)33-28(41)25(36-30-31-44-30)20-11-7-4-8-12-20/h3,5-6,9-10,18,20-23,25,37H,4,7-8,11-17H2,1-2H3,(H2,32,38)(H,33,41)(H,34,40)(H,35,39)/t21-,22-,23-,25-/m0/s1. The van der Waals surface area contributed by atoms with E-state index in [2.05, 4.69) is 20.9 Å². The van der Waals surface area contributed by atoms with Gasteiger partial charge in [-0.05, 0) is 43.1 Å². The number of carbonyl (C=O) groups excluding carboxylic acids is 5. The van der Waals surface area contributed by atoms with Crippen molar-refractivity contribution in [1.82, 2.24) is 16.0 Å². The van der Waals surface area contributed by atoms with Crippen LogP contribution in [0.2, 0.25) is 0 Å². The average Bonchev–Trinajstić information content (AvgIpc) is 3.83. The molecule has 1 aliphatic heterocycles. The maximum absolute atomic E-state index is 13.4. The molecule has 3 rings (SSSR count). The third-order valence-electron chi connectivity index (χ3n) is 7.51. The summed E-state index contributed by atoms with van der Waals surface area (Å²) >= 11 is 0. The molecular formula is C30H43BN5O8. The monoisotopic (exact) mass is 612 g/mol. The molecule has 0 unspecified atom stereocenters. The van der Waals surface area contributed by atoms with Crippen LogP contribution in [0.3, 0.4) is 0 Å². The maximum Gasteiger partial charge on any atom is 0.474 e. The minimum absolute atomic E-state index is 0.0134. The molecule has 2 aliphatic rings. The zero-order valence-corrected chi connectivity index (χ0v) is 25.3. The number of hydrogen-bond donors (Lipinski definition) is 5. The molecule has 1 saturated carbocycles. The number of aliphatic hydroxyl groups is 1. The zero-order chi connectivity index (χ0) is 32.1. The van der Waals surface area contributed by atoms with Gasteiger partial charge in [-0.2, -0.15) is 0 Å². The maximum atomic E-state index is 13.4. The van der Waals surface area contributed by atoms with E-state index in [9.17, 15) is 29.1 Å². The molecule has 1 radical (unpaired) electrons. The Kier molecular flexibility index (Phi) is 13.7. The fourth-order valence-corrected chi connectivity index (χ4v) is 5.12. The molecule has 6 N–H and O–H groups in total. The highest BCUT2D eigenvalue weighted by atomic mass is 16.5. The second-order valence-electron chi connectivity index (χ2n) is 11.6. The van der Waals surface area contributed by atoms with Crippen molar-refractivity contribution < 1.29 is 38.5 Å². The minimum Gasteiger partial charge on any atom is -0.549 e. The summed E-state index contributed by atoms with van der Waals surface area (Å²) in [5, 5.41) is 17.7. The quantitative estimate of drug-likeness (QED) is 0.0947. The predicted octanol–water partition coefficient (Wildman–Crippen LogP) is 0.442. The molecule has 0 spiro atoms.